The molecule has 0 aliphatic rings. The number of rotatable bonds is 6. The average Bonchev–Trinajstić information content (AvgIpc) is 2.33. The van der Waals surface area contributed by atoms with Crippen LogP contribution in [0.25, 0.3) is 0 Å². The van der Waals surface area contributed by atoms with Crippen LogP contribution >= 0.6 is 15.9 Å². The maximum Gasteiger partial charge on any atom is 0.258 e. The van der Waals surface area contributed by atoms with Gasteiger partial charge in [-0.1, -0.05) is 22.0 Å². The molecule has 1 unspecified atom stereocenters. The molecule has 0 spiro atoms. The van der Waals surface area contributed by atoms with Crippen LogP contribution in [0.15, 0.2) is 28.7 Å². The van der Waals surface area contributed by atoms with Gasteiger partial charge in [-0.25, -0.2) is 0 Å². The number of nitrogens with one attached hydrogen (secondary N) is 1. The second-order valence-corrected chi connectivity index (χ2v) is 4.30. The highest BCUT2D eigenvalue weighted by Crippen LogP contribution is 2.17. The quantitative estimate of drug-likeness (QED) is 0.706. The van der Waals surface area contributed by atoms with E-state index in [1.165, 1.54) is 0 Å². The van der Waals surface area contributed by atoms with Crippen molar-refractivity contribution in [3.05, 3.63) is 28.7 Å². The van der Waals surface area contributed by atoms with Gasteiger partial charge in [-0.2, -0.15) is 0 Å². The van der Waals surface area contributed by atoms with E-state index in [1.54, 1.807) is 18.2 Å². The molecule has 0 saturated heterocycles. The Balaban J connectivity index is 2.28. The molecule has 1 aromatic rings. The molecule has 0 saturated carbocycles. The third-order valence-corrected chi connectivity index (χ3v) is 2.40. The van der Waals surface area contributed by atoms with Gasteiger partial charge < -0.3 is 20.3 Å². The van der Waals surface area contributed by atoms with Crippen molar-refractivity contribution in [1.29, 1.82) is 0 Å². The number of carbonyl (C=O) groups excluding carboxylic acids is 1. The van der Waals surface area contributed by atoms with Gasteiger partial charge in [0.1, 0.15) is 5.75 Å². The van der Waals surface area contributed by atoms with Crippen LogP contribution in [0.1, 0.15) is 0 Å². The summed E-state index contributed by atoms with van der Waals surface area (Å²) in [6.07, 6.45) is -0.940. The van der Waals surface area contributed by atoms with E-state index in [9.17, 15) is 4.79 Å². The molecule has 0 fully saturated rings. The summed E-state index contributed by atoms with van der Waals surface area (Å²) in [6.45, 7) is -0.501. The Hall–Kier alpha value is -1.11. The molecule has 17 heavy (non-hydrogen) atoms. The molecule has 1 atom stereocenters. The number of benzene rings is 1. The van der Waals surface area contributed by atoms with Crippen molar-refractivity contribution in [2.45, 2.75) is 6.10 Å². The molecule has 5 nitrogen and oxygen atoms in total. The van der Waals surface area contributed by atoms with Crippen LogP contribution in [0, 0.1) is 0 Å². The first-order valence-corrected chi connectivity index (χ1v) is 5.85. The van der Waals surface area contributed by atoms with Gasteiger partial charge in [-0.15, -0.1) is 0 Å². The van der Waals surface area contributed by atoms with Crippen molar-refractivity contribution in [3.8, 4) is 5.75 Å². The van der Waals surface area contributed by atoms with Gasteiger partial charge in [0, 0.05) is 11.0 Å². The second-order valence-electron chi connectivity index (χ2n) is 3.39. The molecule has 3 N–H and O–H groups in total. The molecule has 1 rings (SSSR count). The SMILES string of the molecule is O=C(COc1cccc(Br)c1)NCC(O)CO. The molecule has 1 amide bonds. The van der Waals surface area contributed by atoms with Crippen molar-refractivity contribution in [1.82, 2.24) is 5.32 Å². The summed E-state index contributed by atoms with van der Waals surface area (Å²) in [5.74, 6) is 0.231. The van der Waals surface area contributed by atoms with Crippen molar-refractivity contribution < 1.29 is 19.7 Å². The number of carbonyl (C=O) groups is 1. The molecule has 0 aliphatic carbocycles. The maximum absolute atomic E-state index is 11.3. The maximum atomic E-state index is 11.3. The zero-order chi connectivity index (χ0) is 12.7. The molecule has 0 radical (unpaired) electrons. The number of aliphatic hydroxyl groups excluding tert-OH is 2. The molecule has 0 bridgehead atoms. The Kier molecular flexibility index (Phi) is 5.96. The molecule has 0 aliphatic heterocycles. The van der Waals surface area contributed by atoms with Gasteiger partial charge in [-0.3, -0.25) is 4.79 Å². The minimum atomic E-state index is -0.940. The van der Waals surface area contributed by atoms with Gasteiger partial charge in [0.15, 0.2) is 6.61 Å². The number of amides is 1. The minimum absolute atomic E-state index is 0.0111. The zero-order valence-corrected chi connectivity index (χ0v) is 10.7. The van der Waals surface area contributed by atoms with Gasteiger partial charge in [-0.05, 0) is 18.2 Å². The Morgan fingerprint density at radius 1 is 1.53 bits per heavy atom. The van der Waals surface area contributed by atoms with E-state index in [0.29, 0.717) is 5.75 Å². The van der Waals surface area contributed by atoms with E-state index >= 15 is 0 Å². The first-order valence-electron chi connectivity index (χ1n) is 5.06. The van der Waals surface area contributed by atoms with Crippen LogP contribution < -0.4 is 10.1 Å². The number of ether oxygens (including phenoxy) is 1. The molecule has 6 heteroatoms. The summed E-state index contributed by atoms with van der Waals surface area (Å²) in [5.41, 5.74) is 0. The fourth-order valence-electron chi connectivity index (χ4n) is 1.05. The lowest BCUT2D eigenvalue weighted by Crippen LogP contribution is -2.36. The molecule has 1 aromatic carbocycles. The van der Waals surface area contributed by atoms with Crippen LogP contribution in [-0.4, -0.2) is 42.0 Å². The largest absolute Gasteiger partial charge is 0.484 e. The van der Waals surface area contributed by atoms with E-state index in [1.807, 2.05) is 6.07 Å². The summed E-state index contributed by atoms with van der Waals surface area (Å²) in [6, 6.07) is 7.13. The van der Waals surface area contributed by atoms with E-state index in [4.69, 9.17) is 14.9 Å². The second kappa shape index (κ2) is 7.26. The lowest BCUT2D eigenvalue weighted by Gasteiger charge is -2.10. The zero-order valence-electron chi connectivity index (χ0n) is 9.10. The average molecular weight is 304 g/mol. The van der Waals surface area contributed by atoms with E-state index in [-0.39, 0.29) is 25.7 Å². The van der Waals surface area contributed by atoms with Crippen molar-refractivity contribution in [3.63, 3.8) is 0 Å². The van der Waals surface area contributed by atoms with Gasteiger partial charge >= 0.3 is 0 Å². The molecular formula is C11H14BrNO4. The summed E-state index contributed by atoms with van der Waals surface area (Å²) in [4.78, 5) is 11.3. The van der Waals surface area contributed by atoms with Crippen LogP contribution in [0.3, 0.4) is 0 Å². The van der Waals surface area contributed by atoms with E-state index in [2.05, 4.69) is 21.2 Å². The highest BCUT2D eigenvalue weighted by Gasteiger charge is 2.06. The monoisotopic (exact) mass is 303 g/mol. The van der Waals surface area contributed by atoms with Crippen LogP contribution in [-0.2, 0) is 4.79 Å². The first kappa shape index (κ1) is 14.0. The van der Waals surface area contributed by atoms with Gasteiger partial charge in [0.25, 0.3) is 5.91 Å². The summed E-state index contributed by atoms with van der Waals surface area (Å²) in [7, 11) is 0. The minimum Gasteiger partial charge on any atom is -0.484 e. The topological polar surface area (TPSA) is 78.8 Å². The normalized spacial score (nSPS) is 11.9. The standard InChI is InChI=1S/C11H14BrNO4/c12-8-2-1-3-10(4-8)17-7-11(16)13-5-9(15)6-14/h1-4,9,14-15H,5-7H2,(H,13,16). The molecule has 0 heterocycles. The Morgan fingerprint density at radius 2 is 2.29 bits per heavy atom. The van der Waals surface area contributed by atoms with Crippen molar-refractivity contribution in [2.24, 2.45) is 0 Å². The number of aliphatic hydroxyl groups is 2. The van der Waals surface area contributed by atoms with Crippen LogP contribution in [0.2, 0.25) is 0 Å². The third-order valence-electron chi connectivity index (χ3n) is 1.91. The van der Waals surface area contributed by atoms with Crippen molar-refractivity contribution >= 4 is 21.8 Å². The Bertz CT molecular complexity index is 372. The van der Waals surface area contributed by atoms with Gasteiger partial charge in [0.05, 0.1) is 12.7 Å². The fraction of sp³-hybridized carbons (Fsp3) is 0.364. The first-order chi connectivity index (χ1) is 8.11. The number of halogens is 1. The third kappa shape index (κ3) is 5.67. The fourth-order valence-corrected chi connectivity index (χ4v) is 1.43. The summed E-state index contributed by atoms with van der Waals surface area (Å²) >= 11 is 3.29. The van der Waals surface area contributed by atoms with Crippen LogP contribution in [0.5, 0.6) is 5.75 Å². The van der Waals surface area contributed by atoms with Crippen molar-refractivity contribution in [2.75, 3.05) is 19.8 Å². The number of hydrogen-bond acceptors (Lipinski definition) is 4. The Morgan fingerprint density at radius 3 is 2.94 bits per heavy atom. The predicted octanol–water partition coefficient (Wildman–Crippen LogP) is 0.297. The number of hydrogen-bond donors (Lipinski definition) is 3. The highest BCUT2D eigenvalue weighted by atomic mass is 79.9. The molecular weight excluding hydrogens is 290 g/mol. The highest BCUT2D eigenvalue weighted by molar-refractivity contribution is 9.10. The Labute approximate surface area is 108 Å². The molecule has 94 valence electrons. The summed E-state index contributed by atoms with van der Waals surface area (Å²) < 4.78 is 6.10. The lowest BCUT2D eigenvalue weighted by atomic mass is 10.3. The smallest absolute Gasteiger partial charge is 0.258 e. The van der Waals surface area contributed by atoms with E-state index < -0.39 is 6.10 Å². The van der Waals surface area contributed by atoms with Crippen LogP contribution in [0.4, 0.5) is 0 Å². The molecule has 0 aromatic heterocycles. The van der Waals surface area contributed by atoms with Gasteiger partial charge in [0.2, 0.25) is 0 Å². The summed E-state index contributed by atoms with van der Waals surface area (Å²) in [5, 5.41) is 20.0. The lowest BCUT2D eigenvalue weighted by molar-refractivity contribution is -0.123. The van der Waals surface area contributed by atoms with E-state index in [0.717, 1.165) is 4.47 Å². The predicted molar refractivity (Wildman–Crippen MR) is 65.7 cm³/mol.